The second kappa shape index (κ2) is 27.5. The van der Waals surface area contributed by atoms with Gasteiger partial charge in [0.1, 0.15) is 0 Å². The fourth-order valence-electron chi connectivity index (χ4n) is 9.81. The molecule has 5 heteroatoms. The van der Waals surface area contributed by atoms with Gasteiger partial charge in [-0.25, -0.2) is 0 Å². The predicted octanol–water partition coefficient (Wildman–Crippen LogP) is 15.3. The third-order valence-electron chi connectivity index (χ3n) is 13.9. The number of benzene rings is 2. The van der Waals surface area contributed by atoms with E-state index in [1.165, 1.54) is 180 Å². The number of hydrogen-bond acceptors (Lipinski definition) is 4. The van der Waals surface area contributed by atoms with Crippen molar-refractivity contribution in [2.45, 2.75) is 271 Å². The van der Waals surface area contributed by atoms with Gasteiger partial charge in [0.25, 0.3) is 0 Å². The van der Waals surface area contributed by atoms with Gasteiger partial charge < -0.3 is 0 Å². The quantitative estimate of drug-likeness (QED) is 0.0567. The molecule has 4 nitrogen and oxygen atoms in total. The minimum absolute atomic E-state index is 0.168. The summed E-state index contributed by atoms with van der Waals surface area (Å²) in [5.74, 6) is 2.69. The van der Waals surface area contributed by atoms with E-state index in [-0.39, 0.29) is 11.2 Å². The van der Waals surface area contributed by atoms with E-state index < -0.39 is 20.9 Å². The van der Waals surface area contributed by atoms with E-state index in [9.17, 15) is 10.2 Å². The molecule has 0 fully saturated rings. The second-order valence-corrected chi connectivity index (χ2v) is 22.5. The predicted molar refractivity (Wildman–Crippen MR) is 255 cm³/mol. The summed E-state index contributed by atoms with van der Waals surface area (Å²) in [6, 6.07) is 3.92. The first-order valence-corrected chi connectivity index (χ1v) is 27.7. The summed E-state index contributed by atoms with van der Waals surface area (Å²) < 4.78 is 15.8. The monoisotopic (exact) mass is 933 g/mol. The third kappa shape index (κ3) is 17.3. The van der Waals surface area contributed by atoms with Crippen LogP contribution in [0.5, 0.6) is 23.0 Å². The standard InChI is InChI=1S/C54H90O4Te/c1-7-9-11-13-15-17-19-21-23-25-27-29-31-33-37-53(5)39-35-45-41-47(55)51(43(3)49(45)57-53)59-52-44(4)50-46(42-48(52)56)36-40-54(6,58-50)38-34-32-30-28-26-24-22-20-18-16-14-12-10-8-2/h41-42,55-56H,7-40H2,1-6H3/t53-,54-/m1/s1. The summed E-state index contributed by atoms with van der Waals surface area (Å²) in [4.78, 5) is 0. The van der Waals surface area contributed by atoms with Crippen LogP contribution in [0.4, 0.5) is 0 Å². The number of hydrogen-bond donors (Lipinski definition) is 2. The fraction of sp³-hybridized carbons (Fsp3) is 0.778. The molecule has 0 amide bonds. The van der Waals surface area contributed by atoms with Gasteiger partial charge in [-0.3, -0.25) is 0 Å². The maximum absolute atomic E-state index is 11.4. The number of aromatic hydroxyl groups is 2. The van der Waals surface area contributed by atoms with Crippen LogP contribution in [-0.2, 0) is 12.8 Å². The number of aryl methyl sites for hydroxylation is 2. The van der Waals surface area contributed by atoms with Crippen LogP contribution < -0.4 is 16.7 Å². The average molecular weight is 931 g/mol. The summed E-state index contributed by atoms with van der Waals surface area (Å²) in [5.41, 5.74) is 4.05. The van der Waals surface area contributed by atoms with Crippen molar-refractivity contribution >= 4 is 28.1 Å². The number of unbranched alkanes of at least 4 members (excludes halogenated alkanes) is 26. The van der Waals surface area contributed by atoms with Crippen molar-refractivity contribution in [2.24, 2.45) is 0 Å². The van der Waals surface area contributed by atoms with E-state index in [4.69, 9.17) is 9.47 Å². The zero-order valence-corrected chi connectivity index (χ0v) is 41.6. The Morgan fingerprint density at radius 3 is 1.02 bits per heavy atom. The van der Waals surface area contributed by atoms with Crippen LogP contribution in [0.15, 0.2) is 12.1 Å². The zero-order chi connectivity index (χ0) is 42.4. The molecular formula is C54H90O4Te. The molecule has 59 heavy (non-hydrogen) atoms. The van der Waals surface area contributed by atoms with Gasteiger partial charge >= 0.3 is 260 Å². The molecule has 0 saturated carbocycles. The Bertz CT molecular complexity index is 1380. The average Bonchev–Trinajstić information content (AvgIpc) is 3.21. The van der Waals surface area contributed by atoms with Crippen LogP contribution in [0, 0.1) is 13.8 Å². The Morgan fingerprint density at radius 1 is 0.458 bits per heavy atom. The molecule has 2 aromatic carbocycles. The van der Waals surface area contributed by atoms with Gasteiger partial charge in [-0.2, -0.15) is 0 Å². The molecule has 0 aliphatic carbocycles. The molecule has 0 radical (unpaired) electrons. The number of phenols is 2. The number of fused-ring (bicyclic) bond motifs is 2. The Morgan fingerprint density at radius 2 is 0.729 bits per heavy atom. The van der Waals surface area contributed by atoms with Gasteiger partial charge in [0.05, 0.1) is 0 Å². The molecule has 2 heterocycles. The molecule has 2 aliphatic heterocycles. The van der Waals surface area contributed by atoms with Gasteiger partial charge in [0, 0.05) is 0 Å². The van der Waals surface area contributed by atoms with Crippen LogP contribution in [0.25, 0.3) is 0 Å². The summed E-state index contributed by atoms with van der Waals surface area (Å²) in [7, 11) is 0. The fourth-order valence-corrected chi connectivity index (χ4v) is 12.7. The first-order valence-electron chi connectivity index (χ1n) is 25.4. The Labute approximate surface area is 374 Å². The summed E-state index contributed by atoms with van der Waals surface area (Å²) >= 11 is -1.12. The van der Waals surface area contributed by atoms with Gasteiger partial charge in [0.2, 0.25) is 0 Å². The Kier molecular flexibility index (Phi) is 23.3. The van der Waals surface area contributed by atoms with Gasteiger partial charge in [-0.05, 0) is 0 Å². The van der Waals surface area contributed by atoms with Crippen LogP contribution in [-0.4, -0.2) is 42.3 Å². The van der Waals surface area contributed by atoms with E-state index >= 15 is 0 Å². The molecular weight excluding hydrogens is 840 g/mol. The minimum atomic E-state index is -1.12. The molecule has 0 saturated heterocycles. The van der Waals surface area contributed by atoms with E-state index in [1.807, 2.05) is 12.1 Å². The van der Waals surface area contributed by atoms with Crippen molar-refractivity contribution in [3.05, 3.63) is 34.4 Å². The molecule has 0 unspecified atom stereocenters. The maximum atomic E-state index is 11.4. The SMILES string of the molecule is CCCCCCCCCCCCCCCC[C@]1(C)CCc2cc(O)c([Te]c3c(O)cc4c(c3C)O[C@](C)(CCCCCCCCCCCCCCCC)CC4)c(C)c2O1. The topological polar surface area (TPSA) is 58.9 Å². The molecule has 2 atom stereocenters. The van der Waals surface area contributed by atoms with Crippen LogP contribution in [0.1, 0.15) is 255 Å². The summed E-state index contributed by atoms with van der Waals surface area (Å²) in [6.07, 6.45) is 44.6. The Balaban J connectivity index is 1.21. The van der Waals surface area contributed by atoms with Crippen molar-refractivity contribution in [1.82, 2.24) is 0 Å². The summed E-state index contributed by atoms with van der Waals surface area (Å²) in [6.45, 7) is 13.4. The molecule has 4 rings (SSSR count). The van der Waals surface area contributed by atoms with E-state index in [2.05, 4.69) is 41.5 Å². The van der Waals surface area contributed by atoms with Crippen molar-refractivity contribution in [1.29, 1.82) is 0 Å². The molecule has 0 aromatic heterocycles. The van der Waals surface area contributed by atoms with Gasteiger partial charge in [-0.15, -0.1) is 0 Å². The van der Waals surface area contributed by atoms with Crippen LogP contribution in [0.2, 0.25) is 0 Å². The Hall–Kier alpha value is -1.57. The first kappa shape index (κ1) is 50.1. The van der Waals surface area contributed by atoms with E-state index in [0.29, 0.717) is 11.5 Å². The first-order chi connectivity index (χ1) is 28.6. The third-order valence-corrected chi connectivity index (χ3v) is 18.0. The number of rotatable bonds is 32. The van der Waals surface area contributed by atoms with Gasteiger partial charge in [-0.1, -0.05) is 117 Å². The van der Waals surface area contributed by atoms with E-state index in [1.54, 1.807) is 0 Å². The van der Waals surface area contributed by atoms with Crippen LogP contribution >= 0.6 is 0 Å². The van der Waals surface area contributed by atoms with Gasteiger partial charge in [0.15, 0.2) is 0 Å². The van der Waals surface area contributed by atoms with Crippen LogP contribution in [0.3, 0.4) is 0 Å². The molecule has 0 bridgehead atoms. The second-order valence-electron chi connectivity index (χ2n) is 19.6. The zero-order valence-electron chi connectivity index (χ0n) is 39.3. The molecule has 0 spiro atoms. The molecule has 2 aliphatic rings. The normalized spacial score (nSPS) is 18.7. The summed E-state index contributed by atoms with van der Waals surface area (Å²) in [5, 5.41) is 22.8. The number of phenolic OH excluding ortho intramolecular Hbond substituents is 2. The van der Waals surface area contributed by atoms with Crippen molar-refractivity contribution in [3.63, 3.8) is 0 Å². The van der Waals surface area contributed by atoms with Crippen molar-refractivity contribution in [3.8, 4) is 23.0 Å². The van der Waals surface area contributed by atoms with Crippen molar-refractivity contribution in [2.75, 3.05) is 0 Å². The number of ether oxygens (including phenoxy) is 2. The molecule has 2 N–H and O–H groups in total. The van der Waals surface area contributed by atoms with Crippen molar-refractivity contribution < 1.29 is 19.7 Å². The molecule has 336 valence electrons. The molecule has 2 aromatic rings. The van der Waals surface area contributed by atoms with E-state index in [0.717, 1.165) is 79.5 Å².